The fraction of sp³-hybridized carbons (Fsp3) is 0.424. The lowest BCUT2D eigenvalue weighted by molar-refractivity contribution is -0.162. The lowest BCUT2D eigenvalue weighted by Gasteiger charge is -2.31. The number of nitrogens with zero attached hydrogens (tertiary/aromatic N) is 2. The van der Waals surface area contributed by atoms with Gasteiger partial charge in [-0.25, -0.2) is 4.98 Å². The van der Waals surface area contributed by atoms with E-state index in [9.17, 15) is 4.79 Å². The summed E-state index contributed by atoms with van der Waals surface area (Å²) in [7, 11) is 1.86. The van der Waals surface area contributed by atoms with E-state index in [-0.39, 0.29) is 12.6 Å². The average molecular weight is 542 g/mol. The van der Waals surface area contributed by atoms with Crippen molar-refractivity contribution in [3.05, 3.63) is 59.3 Å². The predicted molar refractivity (Wildman–Crippen MR) is 160 cm³/mol. The summed E-state index contributed by atoms with van der Waals surface area (Å²) in [5.74, 6) is 1.37. The van der Waals surface area contributed by atoms with Crippen LogP contribution in [0.5, 0.6) is 5.75 Å². The fourth-order valence-corrected chi connectivity index (χ4v) is 5.34. The Bertz CT molecular complexity index is 1590. The molecule has 4 aromatic rings. The third-order valence-electron chi connectivity index (χ3n) is 7.13. The minimum Gasteiger partial charge on any atom is -0.493 e. The van der Waals surface area contributed by atoms with Crippen LogP contribution in [0.25, 0.3) is 32.9 Å². The van der Waals surface area contributed by atoms with E-state index < -0.39 is 17.1 Å². The summed E-state index contributed by atoms with van der Waals surface area (Å²) in [6.45, 7) is 14.4. The number of hydrogen-bond donors (Lipinski definition) is 1. The highest BCUT2D eigenvalue weighted by atomic mass is 16.6. The number of anilines is 1. The molecule has 5 rings (SSSR count). The molecular weight excluding hydrogens is 502 g/mol. The number of aryl methyl sites for hydroxylation is 1. The number of aromatic nitrogens is 2. The first-order valence-corrected chi connectivity index (χ1v) is 13.9. The molecule has 1 N–H and O–H groups in total. The summed E-state index contributed by atoms with van der Waals surface area (Å²) in [5, 5.41) is 5.17. The van der Waals surface area contributed by atoms with Crippen LogP contribution in [0, 0.1) is 12.3 Å². The normalized spacial score (nSPS) is 14.2. The Labute approximate surface area is 236 Å². The van der Waals surface area contributed by atoms with E-state index >= 15 is 0 Å². The van der Waals surface area contributed by atoms with Gasteiger partial charge in [0.25, 0.3) is 0 Å². The minimum absolute atomic E-state index is 0.0898. The number of carbonyl (C=O) groups is 1. The van der Waals surface area contributed by atoms with Crippen LogP contribution >= 0.6 is 0 Å². The topological polar surface area (TPSA) is 82.6 Å². The summed E-state index contributed by atoms with van der Waals surface area (Å²) in [5.41, 5.74) is 5.76. The van der Waals surface area contributed by atoms with E-state index in [1.54, 1.807) is 0 Å². The summed E-state index contributed by atoms with van der Waals surface area (Å²) < 4.78 is 18.6. The van der Waals surface area contributed by atoms with Crippen molar-refractivity contribution in [1.82, 2.24) is 9.97 Å². The van der Waals surface area contributed by atoms with Crippen molar-refractivity contribution in [2.75, 3.05) is 25.6 Å². The second-order valence-corrected chi connectivity index (χ2v) is 12.5. The molecule has 0 fully saturated rings. The Balaban J connectivity index is 1.80. The molecule has 0 saturated carbocycles. The highest BCUT2D eigenvalue weighted by Crippen LogP contribution is 2.45. The third kappa shape index (κ3) is 5.35. The van der Waals surface area contributed by atoms with E-state index in [1.807, 2.05) is 66.9 Å². The molecule has 210 valence electrons. The fourth-order valence-electron chi connectivity index (χ4n) is 5.34. The smallest absolute Gasteiger partial charge is 0.311 e. The van der Waals surface area contributed by atoms with Crippen LogP contribution in [0.4, 0.5) is 5.82 Å². The Morgan fingerprint density at radius 3 is 2.58 bits per heavy atom. The van der Waals surface area contributed by atoms with Crippen LogP contribution in [-0.2, 0) is 20.7 Å². The van der Waals surface area contributed by atoms with Gasteiger partial charge >= 0.3 is 5.97 Å². The summed E-state index contributed by atoms with van der Waals surface area (Å²) in [6, 6.07) is 12.3. The number of fused-ring (bicyclic) bond motifs is 1. The van der Waals surface area contributed by atoms with Crippen LogP contribution in [-0.4, -0.2) is 41.8 Å². The highest BCUT2D eigenvalue weighted by Gasteiger charge is 2.31. The van der Waals surface area contributed by atoms with E-state index in [0.717, 1.165) is 62.0 Å². The number of esters is 1. The molecule has 7 nitrogen and oxygen atoms in total. The van der Waals surface area contributed by atoms with Gasteiger partial charge in [0.15, 0.2) is 0 Å². The molecule has 1 aliphatic rings. The maximum atomic E-state index is 12.9. The quantitative estimate of drug-likeness (QED) is 0.259. The second-order valence-electron chi connectivity index (χ2n) is 12.5. The monoisotopic (exact) mass is 541 g/mol. The Morgan fingerprint density at radius 1 is 1.10 bits per heavy atom. The molecule has 0 spiro atoms. The second kappa shape index (κ2) is 10.4. The van der Waals surface area contributed by atoms with Crippen molar-refractivity contribution in [1.29, 1.82) is 0 Å². The first-order chi connectivity index (χ1) is 18.9. The van der Waals surface area contributed by atoms with Crippen LogP contribution in [0.1, 0.15) is 64.3 Å². The van der Waals surface area contributed by atoms with E-state index in [2.05, 4.69) is 36.5 Å². The van der Waals surface area contributed by atoms with Crippen molar-refractivity contribution in [2.45, 2.75) is 66.6 Å². The maximum absolute atomic E-state index is 12.9. The van der Waals surface area contributed by atoms with Crippen molar-refractivity contribution < 1.29 is 19.0 Å². The molecule has 0 radical (unpaired) electrons. The van der Waals surface area contributed by atoms with Crippen molar-refractivity contribution >= 4 is 33.6 Å². The zero-order valence-corrected chi connectivity index (χ0v) is 24.8. The molecular formula is C33H39N3O4. The number of pyridine rings is 2. The lowest BCUT2D eigenvalue weighted by atomic mass is 9.86. The number of hydrogen-bond acceptors (Lipinski definition) is 7. The van der Waals surface area contributed by atoms with Crippen LogP contribution in [0.2, 0.25) is 0 Å². The molecule has 1 atom stereocenters. The van der Waals surface area contributed by atoms with Gasteiger partial charge < -0.3 is 19.5 Å². The van der Waals surface area contributed by atoms with Gasteiger partial charge in [0, 0.05) is 36.0 Å². The van der Waals surface area contributed by atoms with Gasteiger partial charge in [-0.2, -0.15) is 0 Å². The third-order valence-corrected chi connectivity index (χ3v) is 7.13. The van der Waals surface area contributed by atoms with Gasteiger partial charge in [0.05, 0.1) is 28.7 Å². The number of nitrogens with one attached hydrogen (secondary N) is 1. The van der Waals surface area contributed by atoms with Crippen molar-refractivity contribution in [3.63, 3.8) is 0 Å². The SMILES string of the molecule is CNc1ccc2c(-c3ccc4c5c(ccnc35)CCO4)c([C@@H](COC(=O)C(C)(C)C)OC(C)(C)C)c(C)cc2n1. The minimum atomic E-state index is -0.624. The molecule has 1 aliphatic heterocycles. The Morgan fingerprint density at radius 2 is 1.88 bits per heavy atom. The number of carbonyl (C=O) groups excluding carboxylic acids is 1. The number of rotatable bonds is 6. The summed E-state index contributed by atoms with van der Waals surface area (Å²) in [6.07, 6.45) is 2.19. The molecule has 2 aromatic carbocycles. The molecule has 2 aromatic heterocycles. The first-order valence-electron chi connectivity index (χ1n) is 13.9. The van der Waals surface area contributed by atoms with Crippen LogP contribution < -0.4 is 10.1 Å². The molecule has 0 bridgehead atoms. The van der Waals surface area contributed by atoms with Crippen LogP contribution in [0.15, 0.2) is 42.6 Å². The molecule has 40 heavy (non-hydrogen) atoms. The molecule has 3 heterocycles. The number of ether oxygens (including phenoxy) is 3. The zero-order chi connectivity index (χ0) is 28.8. The Kier molecular flexibility index (Phi) is 7.21. The molecule has 0 unspecified atom stereocenters. The largest absolute Gasteiger partial charge is 0.493 e. The van der Waals surface area contributed by atoms with Crippen molar-refractivity contribution in [3.8, 4) is 16.9 Å². The average Bonchev–Trinajstić information content (AvgIpc) is 2.89. The van der Waals surface area contributed by atoms with E-state index in [0.29, 0.717) is 6.61 Å². The highest BCUT2D eigenvalue weighted by molar-refractivity contribution is 6.07. The maximum Gasteiger partial charge on any atom is 0.311 e. The van der Waals surface area contributed by atoms with Gasteiger partial charge in [0.2, 0.25) is 0 Å². The van der Waals surface area contributed by atoms with Gasteiger partial charge in [-0.1, -0.05) is 0 Å². The predicted octanol–water partition coefficient (Wildman–Crippen LogP) is 7.18. The summed E-state index contributed by atoms with van der Waals surface area (Å²) >= 11 is 0. The molecule has 0 saturated heterocycles. The van der Waals surface area contributed by atoms with E-state index in [1.165, 1.54) is 5.56 Å². The standard InChI is InChI=1S/C33H39N3O4/c1-19-17-23-21(10-12-26(34-8)36-23)29(22-9-11-24-28-20(14-16-38-24)13-15-35-30(22)28)27(19)25(40-33(5,6)7)18-39-31(37)32(2,3)4/h9-13,15,17,25H,14,16,18H2,1-8H3,(H,34,36)/t25-/m1/s1. The molecule has 0 aliphatic carbocycles. The van der Waals surface area contributed by atoms with Gasteiger partial charge in [0.1, 0.15) is 24.3 Å². The van der Waals surface area contributed by atoms with Crippen molar-refractivity contribution in [2.24, 2.45) is 5.41 Å². The lowest BCUT2D eigenvalue weighted by Crippen LogP contribution is -2.30. The zero-order valence-electron chi connectivity index (χ0n) is 24.8. The van der Waals surface area contributed by atoms with E-state index in [4.69, 9.17) is 24.2 Å². The first kappa shape index (κ1) is 27.8. The van der Waals surface area contributed by atoms with Gasteiger partial charge in [-0.05, 0) is 107 Å². The summed E-state index contributed by atoms with van der Waals surface area (Å²) in [4.78, 5) is 22.6. The van der Waals surface area contributed by atoms with Gasteiger partial charge in [-0.15, -0.1) is 0 Å². The van der Waals surface area contributed by atoms with Crippen LogP contribution in [0.3, 0.4) is 0 Å². The Hall–Kier alpha value is -3.71. The molecule has 0 amide bonds. The van der Waals surface area contributed by atoms with Gasteiger partial charge in [-0.3, -0.25) is 9.78 Å². The molecule has 7 heteroatoms. The number of benzene rings is 2.